The first-order valence-corrected chi connectivity index (χ1v) is 14.3. The fourth-order valence-electron chi connectivity index (χ4n) is 4.34. The lowest BCUT2D eigenvalue weighted by Crippen LogP contribution is -2.31. The van der Waals surface area contributed by atoms with E-state index in [0.29, 0.717) is 48.7 Å². The minimum atomic E-state index is -0.645. The average Bonchev–Trinajstić information content (AvgIpc) is 3.00. The summed E-state index contributed by atoms with van der Waals surface area (Å²) in [4.78, 5) is 32.2. The van der Waals surface area contributed by atoms with E-state index in [2.05, 4.69) is 15.3 Å². The maximum atomic E-state index is 12.5. The normalized spacial score (nSPS) is 18.7. The van der Waals surface area contributed by atoms with Crippen molar-refractivity contribution >= 4 is 29.3 Å². The first-order chi connectivity index (χ1) is 19.5. The van der Waals surface area contributed by atoms with Gasteiger partial charge in [-0.05, 0) is 42.2 Å². The summed E-state index contributed by atoms with van der Waals surface area (Å²) in [6.45, 7) is -0.0206. The van der Waals surface area contributed by atoms with E-state index < -0.39 is 12.2 Å². The van der Waals surface area contributed by atoms with Crippen molar-refractivity contribution < 1.29 is 29.4 Å². The van der Waals surface area contributed by atoms with Crippen LogP contribution in [0, 0.1) is 0 Å². The Bertz CT molecular complexity index is 1230. The molecule has 4 N–H and O–H groups in total. The highest BCUT2D eigenvalue weighted by molar-refractivity contribution is 7.99. The van der Waals surface area contributed by atoms with Crippen LogP contribution in [0.1, 0.15) is 67.6 Å². The van der Waals surface area contributed by atoms with Crippen molar-refractivity contribution in [2.75, 3.05) is 11.1 Å². The van der Waals surface area contributed by atoms with Gasteiger partial charge in [-0.3, -0.25) is 14.8 Å². The highest BCUT2D eigenvalue weighted by Gasteiger charge is 2.32. The van der Waals surface area contributed by atoms with E-state index in [1.165, 1.54) is 11.8 Å². The fourth-order valence-corrected chi connectivity index (χ4v) is 5.16. The van der Waals surface area contributed by atoms with Crippen LogP contribution in [0.5, 0.6) is 0 Å². The standard InChI is InChI=1S/C29H34N4O6S/c34-18-20-10-12-21(13-11-20)25-17-24(19-40-29-30-14-5-15-31-29)38-28(39-25)22-6-4-7-23(16-22)32-26(35)8-2-1-3-9-27(36)33-37/h4-7,10-16,24-25,28,34,37H,1-3,8-9,17-19H2,(H,32,35)(H,33,36). The minimum absolute atomic E-state index is 0.0206. The van der Waals surface area contributed by atoms with Crippen LogP contribution in [0.4, 0.5) is 5.69 Å². The van der Waals surface area contributed by atoms with Gasteiger partial charge in [0.25, 0.3) is 0 Å². The topological polar surface area (TPSA) is 143 Å². The van der Waals surface area contributed by atoms with Crippen LogP contribution >= 0.6 is 11.8 Å². The Hall–Kier alpha value is -3.35. The number of hydrogen-bond acceptors (Lipinski definition) is 9. The van der Waals surface area contributed by atoms with Crippen molar-refractivity contribution in [3.63, 3.8) is 0 Å². The Morgan fingerprint density at radius 2 is 1.68 bits per heavy atom. The van der Waals surface area contributed by atoms with E-state index in [9.17, 15) is 14.7 Å². The molecule has 40 heavy (non-hydrogen) atoms. The zero-order valence-electron chi connectivity index (χ0n) is 22.1. The number of nitrogens with one attached hydrogen (secondary N) is 2. The molecule has 2 heterocycles. The summed E-state index contributed by atoms with van der Waals surface area (Å²) in [5, 5.41) is 21.6. The highest BCUT2D eigenvalue weighted by Crippen LogP contribution is 2.39. The van der Waals surface area contributed by atoms with Gasteiger partial charge in [0.05, 0.1) is 18.8 Å². The van der Waals surface area contributed by atoms with Crippen molar-refractivity contribution in [2.24, 2.45) is 0 Å². The first-order valence-electron chi connectivity index (χ1n) is 13.3. The van der Waals surface area contributed by atoms with Crippen LogP contribution in [0.2, 0.25) is 0 Å². The second-order valence-electron chi connectivity index (χ2n) is 9.46. The predicted octanol–water partition coefficient (Wildman–Crippen LogP) is 4.70. The lowest BCUT2D eigenvalue weighted by Gasteiger charge is -2.36. The van der Waals surface area contributed by atoms with Gasteiger partial charge in [0.15, 0.2) is 11.4 Å². The summed E-state index contributed by atoms with van der Waals surface area (Å²) in [5.41, 5.74) is 4.87. The summed E-state index contributed by atoms with van der Waals surface area (Å²) < 4.78 is 12.8. The number of anilines is 1. The van der Waals surface area contributed by atoms with Crippen molar-refractivity contribution in [1.82, 2.24) is 15.4 Å². The van der Waals surface area contributed by atoms with Gasteiger partial charge in [0.1, 0.15) is 0 Å². The molecular weight excluding hydrogens is 532 g/mol. The molecule has 2 aromatic carbocycles. The third-order valence-corrected chi connectivity index (χ3v) is 7.44. The van der Waals surface area contributed by atoms with Crippen LogP contribution in [0.15, 0.2) is 72.1 Å². The third kappa shape index (κ3) is 9.10. The number of unbranched alkanes of at least 4 members (excludes halogenated alkanes) is 2. The van der Waals surface area contributed by atoms with Crippen LogP contribution < -0.4 is 10.8 Å². The number of nitrogens with zero attached hydrogens (tertiary/aromatic N) is 2. The number of carbonyl (C=O) groups excluding carboxylic acids is 2. The number of amides is 2. The van der Waals surface area contributed by atoms with Crippen molar-refractivity contribution in [1.29, 1.82) is 0 Å². The highest BCUT2D eigenvalue weighted by atomic mass is 32.2. The van der Waals surface area contributed by atoms with E-state index in [1.807, 2.05) is 48.5 Å². The van der Waals surface area contributed by atoms with E-state index in [-0.39, 0.29) is 31.1 Å². The Morgan fingerprint density at radius 1 is 0.925 bits per heavy atom. The van der Waals surface area contributed by atoms with Crippen molar-refractivity contribution in [2.45, 2.75) is 68.8 Å². The summed E-state index contributed by atoms with van der Waals surface area (Å²) in [6, 6.07) is 16.9. The van der Waals surface area contributed by atoms with Gasteiger partial charge in [-0.2, -0.15) is 0 Å². The molecule has 1 saturated heterocycles. The second-order valence-corrected chi connectivity index (χ2v) is 10.4. The number of hydroxylamine groups is 1. The van der Waals surface area contributed by atoms with Gasteiger partial charge in [-0.25, -0.2) is 15.4 Å². The molecule has 0 spiro atoms. The lowest BCUT2D eigenvalue weighted by molar-refractivity contribution is -0.245. The average molecular weight is 567 g/mol. The lowest BCUT2D eigenvalue weighted by atomic mass is 10.0. The zero-order chi connectivity index (χ0) is 28.2. The summed E-state index contributed by atoms with van der Waals surface area (Å²) in [5.74, 6) is 0.103. The zero-order valence-corrected chi connectivity index (χ0v) is 22.9. The number of hydrogen-bond donors (Lipinski definition) is 4. The Labute approximate surface area is 237 Å². The SMILES string of the molecule is O=C(CCCCCC(=O)Nc1cccc(C2OC(CSc3ncccn3)CC(c3ccc(CO)cc3)O2)c1)NO. The first kappa shape index (κ1) is 29.6. The molecule has 1 aromatic heterocycles. The molecule has 4 rings (SSSR count). The predicted molar refractivity (Wildman–Crippen MR) is 149 cm³/mol. The van der Waals surface area contributed by atoms with Gasteiger partial charge in [0, 0.05) is 48.7 Å². The Balaban J connectivity index is 1.40. The minimum Gasteiger partial charge on any atom is -0.392 e. The molecule has 0 radical (unpaired) electrons. The van der Waals surface area contributed by atoms with Crippen LogP contribution in [0.25, 0.3) is 0 Å². The molecule has 11 heteroatoms. The van der Waals surface area contributed by atoms with Gasteiger partial charge in [-0.15, -0.1) is 0 Å². The molecule has 3 aromatic rings. The maximum Gasteiger partial charge on any atom is 0.243 e. The molecule has 3 atom stereocenters. The number of thioether (sulfide) groups is 1. The monoisotopic (exact) mass is 566 g/mol. The van der Waals surface area contributed by atoms with Crippen LogP contribution in [-0.2, 0) is 25.7 Å². The summed E-state index contributed by atoms with van der Waals surface area (Å²) in [6.07, 6.45) is 5.57. The molecule has 0 bridgehead atoms. The van der Waals surface area contributed by atoms with Crippen molar-refractivity contribution in [3.05, 3.63) is 83.7 Å². The summed E-state index contributed by atoms with van der Waals surface area (Å²) in [7, 11) is 0. The largest absolute Gasteiger partial charge is 0.392 e. The number of ether oxygens (including phenoxy) is 2. The molecule has 0 saturated carbocycles. The molecule has 212 valence electrons. The summed E-state index contributed by atoms with van der Waals surface area (Å²) >= 11 is 1.53. The van der Waals surface area contributed by atoms with Crippen molar-refractivity contribution in [3.8, 4) is 0 Å². The molecule has 1 fully saturated rings. The maximum absolute atomic E-state index is 12.5. The van der Waals surface area contributed by atoms with Crippen LogP contribution in [0.3, 0.4) is 0 Å². The quantitative estimate of drug-likeness (QED) is 0.0761. The van der Waals surface area contributed by atoms with Crippen LogP contribution in [-0.4, -0.2) is 44.0 Å². The van der Waals surface area contributed by atoms with Gasteiger partial charge >= 0.3 is 0 Å². The fraction of sp³-hybridized carbons (Fsp3) is 0.379. The number of carbonyl (C=O) groups is 2. The Kier molecular flexibility index (Phi) is 11.4. The Morgan fingerprint density at radius 3 is 2.40 bits per heavy atom. The van der Waals surface area contributed by atoms with Gasteiger partial charge in [-0.1, -0.05) is 54.6 Å². The molecule has 1 aliphatic heterocycles. The van der Waals surface area contributed by atoms with Gasteiger partial charge < -0.3 is 19.9 Å². The van der Waals surface area contributed by atoms with Gasteiger partial charge in [0.2, 0.25) is 11.8 Å². The number of aromatic nitrogens is 2. The van der Waals surface area contributed by atoms with E-state index in [1.54, 1.807) is 23.9 Å². The second kappa shape index (κ2) is 15.4. The van der Waals surface area contributed by atoms with E-state index in [0.717, 1.165) is 16.7 Å². The molecule has 2 amide bonds. The molecule has 3 unspecified atom stereocenters. The molecular formula is C29H34N4O6S. The number of aliphatic hydroxyl groups excluding tert-OH is 1. The number of aliphatic hydroxyl groups is 1. The molecule has 1 aliphatic rings. The number of rotatable bonds is 13. The molecule has 0 aliphatic carbocycles. The third-order valence-electron chi connectivity index (χ3n) is 6.43. The van der Waals surface area contributed by atoms with E-state index >= 15 is 0 Å². The van der Waals surface area contributed by atoms with E-state index in [4.69, 9.17) is 14.7 Å². The molecule has 10 nitrogen and oxygen atoms in total. The smallest absolute Gasteiger partial charge is 0.243 e. The number of benzene rings is 2.